The van der Waals surface area contributed by atoms with Gasteiger partial charge in [0.2, 0.25) is 0 Å². The summed E-state index contributed by atoms with van der Waals surface area (Å²) in [4.78, 5) is 1.15. The molecule has 0 bridgehead atoms. The lowest BCUT2D eigenvalue weighted by Crippen LogP contribution is -2.25. The fraction of sp³-hybridized carbons (Fsp3) is 0.333. The summed E-state index contributed by atoms with van der Waals surface area (Å²) in [5, 5.41) is 5.50. The number of hydrogen-bond acceptors (Lipinski definition) is 3. The van der Waals surface area contributed by atoms with Crippen LogP contribution >= 0.6 is 11.3 Å². The molecule has 19 heavy (non-hydrogen) atoms. The molecule has 2 rings (SSSR count). The second kappa shape index (κ2) is 6.17. The Hall–Kier alpha value is -1.39. The third-order valence-corrected chi connectivity index (χ3v) is 4.09. The van der Waals surface area contributed by atoms with Crippen LogP contribution in [0.5, 0.6) is 0 Å². The zero-order chi connectivity index (χ0) is 13.8. The van der Waals surface area contributed by atoms with Gasteiger partial charge in [0, 0.05) is 23.2 Å². The van der Waals surface area contributed by atoms with E-state index < -0.39 is 0 Å². The van der Waals surface area contributed by atoms with Gasteiger partial charge < -0.3 is 11.1 Å². The molecule has 0 aliphatic rings. The first-order valence-electron chi connectivity index (χ1n) is 6.38. The minimum atomic E-state index is -0.200. The highest BCUT2D eigenvalue weighted by molar-refractivity contribution is 7.10. The lowest BCUT2D eigenvalue weighted by molar-refractivity contribution is 0.412. The summed E-state index contributed by atoms with van der Waals surface area (Å²) in [5.74, 6) is 0.223. The van der Waals surface area contributed by atoms with Crippen molar-refractivity contribution < 1.29 is 4.39 Å². The maximum absolute atomic E-state index is 13.0. The SMILES string of the molecule is CC(C)C(NCc1sccc1N)c1ccc(F)cc1. The van der Waals surface area contributed by atoms with E-state index in [1.165, 1.54) is 12.1 Å². The van der Waals surface area contributed by atoms with Gasteiger partial charge in [0.1, 0.15) is 5.82 Å². The minimum Gasteiger partial charge on any atom is -0.398 e. The summed E-state index contributed by atoms with van der Waals surface area (Å²) in [7, 11) is 0. The quantitative estimate of drug-likeness (QED) is 0.869. The molecule has 2 aromatic rings. The summed E-state index contributed by atoms with van der Waals surface area (Å²) in [5.41, 5.74) is 7.82. The Kier molecular flexibility index (Phi) is 4.56. The van der Waals surface area contributed by atoms with Crippen molar-refractivity contribution in [1.82, 2.24) is 5.32 Å². The summed E-state index contributed by atoms with van der Waals surface area (Å²) in [6.45, 7) is 5.04. The molecule has 1 heterocycles. The van der Waals surface area contributed by atoms with Crippen molar-refractivity contribution >= 4 is 17.0 Å². The van der Waals surface area contributed by atoms with Gasteiger partial charge in [-0.15, -0.1) is 11.3 Å². The highest BCUT2D eigenvalue weighted by Crippen LogP contribution is 2.24. The molecular formula is C15H19FN2S. The summed E-state index contributed by atoms with van der Waals surface area (Å²) >= 11 is 1.65. The molecule has 2 nitrogen and oxygen atoms in total. The molecule has 0 aliphatic carbocycles. The Morgan fingerprint density at radius 1 is 1.21 bits per heavy atom. The van der Waals surface area contributed by atoms with E-state index in [2.05, 4.69) is 19.2 Å². The summed E-state index contributed by atoms with van der Waals surface area (Å²) < 4.78 is 13.0. The zero-order valence-corrected chi connectivity index (χ0v) is 12.0. The van der Waals surface area contributed by atoms with Gasteiger partial charge >= 0.3 is 0 Å². The maximum Gasteiger partial charge on any atom is 0.123 e. The van der Waals surface area contributed by atoms with E-state index in [1.807, 2.05) is 23.6 Å². The van der Waals surface area contributed by atoms with Crippen LogP contribution < -0.4 is 11.1 Å². The maximum atomic E-state index is 13.0. The van der Waals surface area contributed by atoms with Crippen molar-refractivity contribution in [2.45, 2.75) is 26.4 Å². The monoisotopic (exact) mass is 278 g/mol. The van der Waals surface area contributed by atoms with Crippen LogP contribution in [0, 0.1) is 11.7 Å². The lowest BCUT2D eigenvalue weighted by atomic mass is 9.96. The predicted molar refractivity (Wildman–Crippen MR) is 79.6 cm³/mol. The molecule has 0 aliphatic heterocycles. The second-order valence-electron chi connectivity index (χ2n) is 4.95. The van der Waals surface area contributed by atoms with Crippen LogP contribution in [-0.2, 0) is 6.54 Å². The number of nitrogens with two attached hydrogens (primary N) is 1. The number of hydrogen-bond donors (Lipinski definition) is 2. The molecule has 0 spiro atoms. The molecule has 4 heteroatoms. The first-order chi connectivity index (χ1) is 9.08. The van der Waals surface area contributed by atoms with Crippen LogP contribution in [-0.4, -0.2) is 0 Å². The van der Waals surface area contributed by atoms with Gasteiger partial charge in [0.25, 0.3) is 0 Å². The summed E-state index contributed by atoms with van der Waals surface area (Å²) in [6, 6.07) is 8.80. The van der Waals surface area contributed by atoms with Crippen molar-refractivity contribution in [2.75, 3.05) is 5.73 Å². The number of nitrogen functional groups attached to an aromatic ring is 1. The molecule has 0 saturated carbocycles. The third-order valence-electron chi connectivity index (χ3n) is 3.16. The molecule has 1 aromatic carbocycles. The van der Waals surface area contributed by atoms with E-state index in [4.69, 9.17) is 5.73 Å². The van der Waals surface area contributed by atoms with Crippen molar-refractivity contribution in [3.63, 3.8) is 0 Å². The fourth-order valence-corrected chi connectivity index (χ4v) is 2.86. The molecule has 0 saturated heterocycles. The van der Waals surface area contributed by atoms with E-state index in [0.717, 1.165) is 22.7 Å². The van der Waals surface area contributed by atoms with E-state index in [9.17, 15) is 4.39 Å². The van der Waals surface area contributed by atoms with E-state index in [-0.39, 0.29) is 11.9 Å². The molecule has 3 N–H and O–H groups in total. The van der Waals surface area contributed by atoms with E-state index in [0.29, 0.717) is 5.92 Å². The number of thiophene rings is 1. The number of halogens is 1. The topological polar surface area (TPSA) is 38.0 Å². The van der Waals surface area contributed by atoms with Crippen LogP contribution in [0.2, 0.25) is 0 Å². The van der Waals surface area contributed by atoms with E-state index in [1.54, 1.807) is 11.3 Å². The van der Waals surface area contributed by atoms with Crippen molar-refractivity contribution in [1.29, 1.82) is 0 Å². The van der Waals surface area contributed by atoms with Crippen LogP contribution in [0.25, 0.3) is 0 Å². The van der Waals surface area contributed by atoms with Crippen molar-refractivity contribution in [3.05, 3.63) is 52.0 Å². The highest BCUT2D eigenvalue weighted by Gasteiger charge is 2.15. The van der Waals surface area contributed by atoms with Gasteiger partial charge in [-0.25, -0.2) is 4.39 Å². The summed E-state index contributed by atoms with van der Waals surface area (Å²) in [6.07, 6.45) is 0. The van der Waals surface area contributed by atoms with Gasteiger partial charge in [-0.05, 0) is 35.1 Å². The molecule has 0 amide bonds. The first-order valence-corrected chi connectivity index (χ1v) is 7.26. The Morgan fingerprint density at radius 3 is 2.42 bits per heavy atom. The van der Waals surface area contributed by atoms with Crippen molar-refractivity contribution in [3.8, 4) is 0 Å². The van der Waals surface area contributed by atoms with Crippen LogP contribution in [0.1, 0.15) is 30.3 Å². The molecule has 1 unspecified atom stereocenters. The molecule has 102 valence electrons. The van der Waals surface area contributed by atoms with Gasteiger partial charge in [0.15, 0.2) is 0 Å². The normalized spacial score (nSPS) is 12.8. The highest BCUT2D eigenvalue weighted by atomic mass is 32.1. The number of nitrogens with one attached hydrogen (secondary N) is 1. The Bertz CT molecular complexity index is 519. The van der Waals surface area contributed by atoms with Gasteiger partial charge in [-0.1, -0.05) is 26.0 Å². The standard InChI is InChI=1S/C15H19FN2S/c1-10(2)15(11-3-5-12(16)6-4-11)18-9-14-13(17)7-8-19-14/h3-8,10,15,18H,9,17H2,1-2H3. The Morgan fingerprint density at radius 2 is 1.89 bits per heavy atom. The lowest BCUT2D eigenvalue weighted by Gasteiger charge is -2.23. The van der Waals surface area contributed by atoms with Crippen molar-refractivity contribution in [2.24, 2.45) is 5.92 Å². The number of anilines is 1. The fourth-order valence-electron chi connectivity index (χ4n) is 2.11. The molecule has 0 radical (unpaired) electrons. The largest absolute Gasteiger partial charge is 0.398 e. The second-order valence-corrected chi connectivity index (χ2v) is 5.95. The van der Waals surface area contributed by atoms with Crippen LogP contribution in [0.4, 0.5) is 10.1 Å². The average Bonchev–Trinajstić information content (AvgIpc) is 2.77. The molecule has 1 aromatic heterocycles. The van der Waals surface area contributed by atoms with Gasteiger partial charge in [0.05, 0.1) is 0 Å². The number of benzene rings is 1. The zero-order valence-electron chi connectivity index (χ0n) is 11.2. The van der Waals surface area contributed by atoms with Crippen LogP contribution in [0.3, 0.4) is 0 Å². The van der Waals surface area contributed by atoms with Crippen LogP contribution in [0.15, 0.2) is 35.7 Å². The molecular weight excluding hydrogens is 259 g/mol. The van der Waals surface area contributed by atoms with Gasteiger partial charge in [-0.3, -0.25) is 0 Å². The molecule has 1 atom stereocenters. The van der Waals surface area contributed by atoms with E-state index >= 15 is 0 Å². The molecule has 0 fully saturated rings. The predicted octanol–water partition coefficient (Wildman–Crippen LogP) is 3.96. The first kappa shape index (κ1) is 14.0. The average molecular weight is 278 g/mol. The number of rotatable bonds is 5. The Balaban J connectivity index is 2.08. The minimum absolute atomic E-state index is 0.196. The smallest absolute Gasteiger partial charge is 0.123 e. The third kappa shape index (κ3) is 3.55. The Labute approximate surface area is 117 Å². The van der Waals surface area contributed by atoms with Gasteiger partial charge in [-0.2, -0.15) is 0 Å².